The van der Waals surface area contributed by atoms with Gasteiger partial charge in [-0.25, -0.2) is 4.98 Å². The summed E-state index contributed by atoms with van der Waals surface area (Å²) in [6, 6.07) is 12.9. The lowest BCUT2D eigenvalue weighted by atomic mass is 9.99. The number of anilines is 1. The Bertz CT molecular complexity index is 1220. The second kappa shape index (κ2) is 7.84. The van der Waals surface area contributed by atoms with Crippen LogP contribution in [0.5, 0.6) is 17.2 Å². The van der Waals surface area contributed by atoms with Crippen molar-refractivity contribution in [1.29, 1.82) is 0 Å². The molecule has 3 aliphatic rings. The minimum absolute atomic E-state index is 0.105. The van der Waals surface area contributed by atoms with Gasteiger partial charge in [0.15, 0.2) is 23.1 Å². The lowest BCUT2D eigenvalue weighted by Gasteiger charge is -2.35. The molecule has 2 aromatic carbocycles. The molecule has 4 heterocycles. The molecule has 8 heteroatoms. The van der Waals surface area contributed by atoms with Gasteiger partial charge in [-0.3, -0.25) is 0 Å². The Kier molecular flexibility index (Phi) is 4.88. The van der Waals surface area contributed by atoms with Gasteiger partial charge in [0.25, 0.3) is 0 Å². The lowest BCUT2D eigenvalue weighted by Crippen LogP contribution is -2.47. The van der Waals surface area contributed by atoms with Crippen LogP contribution in [0.4, 0.5) is 5.82 Å². The first-order valence-corrected chi connectivity index (χ1v) is 11.9. The highest BCUT2D eigenvalue weighted by atomic mass is 16.7. The van der Waals surface area contributed by atoms with Crippen LogP contribution in [-0.4, -0.2) is 51.2 Å². The van der Waals surface area contributed by atoms with Crippen LogP contribution in [0, 0.1) is 0 Å². The van der Waals surface area contributed by atoms with Crippen LogP contribution >= 0.6 is 0 Å². The first kappa shape index (κ1) is 21.2. The zero-order valence-corrected chi connectivity index (χ0v) is 19.7. The molecule has 1 aromatic heterocycles. The van der Waals surface area contributed by atoms with Gasteiger partial charge in [0, 0.05) is 39.0 Å². The van der Waals surface area contributed by atoms with Gasteiger partial charge in [-0.05, 0) is 61.1 Å². The Morgan fingerprint density at radius 2 is 1.68 bits per heavy atom. The van der Waals surface area contributed by atoms with Crippen molar-refractivity contribution in [2.45, 2.75) is 63.4 Å². The summed E-state index contributed by atoms with van der Waals surface area (Å²) >= 11 is 0. The number of hydrogen-bond donors (Lipinski definition) is 2. The van der Waals surface area contributed by atoms with E-state index >= 15 is 0 Å². The summed E-state index contributed by atoms with van der Waals surface area (Å²) in [5, 5.41) is 23.2. The number of ether oxygens (including phenoxy) is 2. The maximum atomic E-state index is 10.7. The molecule has 2 bridgehead atoms. The maximum Gasteiger partial charge on any atom is 0.246 e. The third-order valence-electron chi connectivity index (χ3n) is 7.13. The molecule has 3 atom stereocenters. The second-order valence-corrected chi connectivity index (χ2v) is 10.0. The van der Waals surface area contributed by atoms with Crippen LogP contribution in [-0.2, 0) is 0 Å². The van der Waals surface area contributed by atoms with Gasteiger partial charge < -0.3 is 24.8 Å². The lowest BCUT2D eigenvalue weighted by molar-refractivity contribution is -0.0431. The van der Waals surface area contributed by atoms with Crippen LogP contribution in [0.2, 0.25) is 0 Å². The zero-order valence-electron chi connectivity index (χ0n) is 19.7. The van der Waals surface area contributed by atoms with Crippen LogP contribution < -0.4 is 19.7 Å². The van der Waals surface area contributed by atoms with Crippen LogP contribution in [0.1, 0.15) is 39.5 Å². The zero-order chi connectivity index (χ0) is 23.4. The summed E-state index contributed by atoms with van der Waals surface area (Å²) in [6.45, 7) is 3.75. The topological polar surface area (TPSA) is 92.6 Å². The molecule has 2 fully saturated rings. The number of aromatic hydroxyl groups is 1. The minimum Gasteiger partial charge on any atom is -0.507 e. The smallest absolute Gasteiger partial charge is 0.246 e. The summed E-state index contributed by atoms with van der Waals surface area (Å²) in [5.74, 6) is 2.00. The van der Waals surface area contributed by atoms with Crippen LogP contribution in [0.15, 0.2) is 42.6 Å². The highest BCUT2D eigenvalue weighted by Crippen LogP contribution is 2.42. The summed E-state index contributed by atoms with van der Waals surface area (Å²) in [6.07, 6.45) is 6.51. The van der Waals surface area contributed by atoms with Gasteiger partial charge in [0.1, 0.15) is 5.75 Å². The molecule has 6 rings (SSSR count). The Morgan fingerprint density at radius 1 is 0.971 bits per heavy atom. The van der Waals surface area contributed by atoms with Crippen molar-refractivity contribution in [2.24, 2.45) is 0 Å². The molecular formula is C26H29N5O3. The summed E-state index contributed by atoms with van der Waals surface area (Å²) < 4.78 is 11.6. The van der Waals surface area contributed by atoms with Crippen LogP contribution in [0.3, 0.4) is 0 Å². The molecule has 0 amide bonds. The molecule has 2 N–H and O–H groups in total. The molecule has 0 saturated carbocycles. The Hall–Kier alpha value is -3.39. The van der Waals surface area contributed by atoms with E-state index in [1.807, 2.05) is 44.2 Å². The molecule has 3 aromatic rings. The third kappa shape index (κ3) is 3.81. The molecule has 0 unspecified atom stereocenters. The molecular weight excluding hydrogens is 430 g/mol. The van der Waals surface area contributed by atoms with Gasteiger partial charge in [-0.2, -0.15) is 0 Å². The number of phenolic OH excluding ortho intramolecular Hbond substituents is 1. The van der Waals surface area contributed by atoms with E-state index in [9.17, 15) is 5.11 Å². The van der Waals surface area contributed by atoms with E-state index in [0.29, 0.717) is 35.3 Å². The molecule has 2 saturated heterocycles. The fourth-order valence-corrected chi connectivity index (χ4v) is 5.39. The summed E-state index contributed by atoms with van der Waals surface area (Å²) in [5.41, 5.74) is 2.34. The fraction of sp³-hybridized carbons (Fsp3) is 0.423. The number of phenols is 1. The van der Waals surface area contributed by atoms with Crippen molar-refractivity contribution in [3.05, 3.63) is 42.6 Å². The molecule has 34 heavy (non-hydrogen) atoms. The molecule has 3 aliphatic heterocycles. The van der Waals surface area contributed by atoms with Crippen molar-refractivity contribution >= 4 is 5.82 Å². The van der Waals surface area contributed by atoms with Crippen molar-refractivity contribution in [3.8, 4) is 39.8 Å². The normalized spacial score (nSPS) is 24.3. The monoisotopic (exact) mass is 459 g/mol. The summed E-state index contributed by atoms with van der Waals surface area (Å²) in [4.78, 5) is 6.71. The molecule has 176 valence electrons. The van der Waals surface area contributed by atoms with Gasteiger partial charge in [-0.15, -0.1) is 10.2 Å². The van der Waals surface area contributed by atoms with E-state index in [0.717, 1.165) is 35.5 Å². The predicted molar refractivity (Wildman–Crippen MR) is 129 cm³/mol. The van der Waals surface area contributed by atoms with Gasteiger partial charge in [0.2, 0.25) is 5.79 Å². The van der Waals surface area contributed by atoms with E-state index < -0.39 is 5.79 Å². The Balaban J connectivity index is 1.20. The second-order valence-electron chi connectivity index (χ2n) is 10.0. The predicted octanol–water partition coefficient (Wildman–Crippen LogP) is 4.14. The SMILES string of the molecule is CN(c1cnc(-c2ccc(-c3ccc4c(c3)OC(C)(C)O4)cc2O)nn1)[C@@H]1C[C@H]2CC[C@@H](C1)N2. The van der Waals surface area contributed by atoms with Crippen molar-refractivity contribution in [3.63, 3.8) is 0 Å². The number of nitrogens with one attached hydrogen (secondary N) is 1. The van der Waals surface area contributed by atoms with Gasteiger partial charge >= 0.3 is 0 Å². The highest BCUT2D eigenvalue weighted by molar-refractivity contribution is 5.74. The average Bonchev–Trinajstić information content (AvgIpc) is 3.33. The summed E-state index contributed by atoms with van der Waals surface area (Å²) in [7, 11) is 2.07. The minimum atomic E-state index is -0.676. The number of aromatic nitrogens is 3. The molecule has 0 radical (unpaired) electrons. The largest absolute Gasteiger partial charge is 0.507 e. The first-order chi connectivity index (χ1) is 16.3. The number of benzene rings is 2. The Labute approximate surface area is 199 Å². The quantitative estimate of drug-likeness (QED) is 0.602. The van der Waals surface area contributed by atoms with Crippen molar-refractivity contribution in [2.75, 3.05) is 11.9 Å². The van der Waals surface area contributed by atoms with E-state index in [-0.39, 0.29) is 5.75 Å². The number of piperidine rings is 1. The number of fused-ring (bicyclic) bond motifs is 3. The molecule has 0 spiro atoms. The van der Waals surface area contributed by atoms with E-state index in [1.165, 1.54) is 12.8 Å². The van der Waals surface area contributed by atoms with E-state index in [4.69, 9.17) is 9.47 Å². The standard InChI is InChI=1S/C26H29N5O3/c1-26(2)33-22-9-5-16(11-23(22)34-26)15-4-8-20(21(32)10-15)25-27-14-24(29-30-25)31(3)19-12-17-6-7-18(13-19)28-17/h4-5,8-11,14,17-19,28,32H,6-7,12-13H2,1-3H3/t17-,18+,19-. The number of rotatable bonds is 4. The number of hydrogen-bond acceptors (Lipinski definition) is 8. The van der Waals surface area contributed by atoms with E-state index in [1.54, 1.807) is 12.3 Å². The van der Waals surface area contributed by atoms with Crippen molar-refractivity contribution in [1.82, 2.24) is 20.5 Å². The van der Waals surface area contributed by atoms with Gasteiger partial charge in [0.05, 0.1) is 11.8 Å². The van der Waals surface area contributed by atoms with Crippen LogP contribution in [0.25, 0.3) is 22.5 Å². The third-order valence-corrected chi connectivity index (χ3v) is 7.13. The highest BCUT2D eigenvalue weighted by Gasteiger charge is 2.35. The fourth-order valence-electron chi connectivity index (χ4n) is 5.39. The van der Waals surface area contributed by atoms with E-state index in [2.05, 4.69) is 32.4 Å². The molecule has 0 aliphatic carbocycles. The maximum absolute atomic E-state index is 10.7. The van der Waals surface area contributed by atoms with Crippen molar-refractivity contribution < 1.29 is 14.6 Å². The average molecular weight is 460 g/mol. The number of nitrogens with zero attached hydrogens (tertiary/aromatic N) is 4. The van der Waals surface area contributed by atoms with Gasteiger partial charge in [-0.1, -0.05) is 12.1 Å². The molecule has 8 nitrogen and oxygen atoms in total. The Morgan fingerprint density at radius 3 is 2.38 bits per heavy atom. The first-order valence-electron chi connectivity index (χ1n) is 11.9.